The van der Waals surface area contributed by atoms with Crippen molar-refractivity contribution in [1.29, 1.82) is 0 Å². The second-order valence-electron chi connectivity index (χ2n) is 6.25. The maximum absolute atomic E-state index is 14.1. The standard InChI is InChI=1S/C21H21BrF2N2O2S/c1-3-10-26(12-15-11-16(22)4-9-19(15)24)21(28)14(2)29-13-20(27)25-18-7-5-17(23)6-8-18/h3-9,11,14H,1,10,12-13H2,2H3,(H,25,27). The van der Waals surface area contributed by atoms with E-state index in [-0.39, 0.29) is 36.5 Å². The Morgan fingerprint density at radius 1 is 1.24 bits per heavy atom. The van der Waals surface area contributed by atoms with Crippen LogP contribution in [0.1, 0.15) is 12.5 Å². The number of nitrogens with zero attached hydrogens (tertiary/aromatic N) is 1. The monoisotopic (exact) mass is 482 g/mol. The average Bonchev–Trinajstić information content (AvgIpc) is 2.69. The van der Waals surface area contributed by atoms with E-state index in [1.165, 1.54) is 47.0 Å². The molecule has 2 rings (SSSR count). The summed E-state index contributed by atoms with van der Waals surface area (Å²) < 4.78 is 27.7. The Labute approximate surface area is 181 Å². The molecule has 4 nitrogen and oxygen atoms in total. The maximum atomic E-state index is 14.1. The Morgan fingerprint density at radius 2 is 1.93 bits per heavy atom. The molecular formula is C21H21BrF2N2O2S. The van der Waals surface area contributed by atoms with Gasteiger partial charge in [-0.2, -0.15) is 0 Å². The summed E-state index contributed by atoms with van der Waals surface area (Å²) in [5, 5.41) is 2.14. The number of benzene rings is 2. The fourth-order valence-electron chi connectivity index (χ4n) is 2.52. The van der Waals surface area contributed by atoms with Gasteiger partial charge in [-0.3, -0.25) is 9.59 Å². The van der Waals surface area contributed by atoms with Crippen LogP contribution in [0.25, 0.3) is 0 Å². The minimum absolute atomic E-state index is 0.0530. The molecule has 2 amide bonds. The Hall–Kier alpha value is -2.19. The van der Waals surface area contributed by atoms with Gasteiger partial charge in [0.25, 0.3) is 0 Å². The van der Waals surface area contributed by atoms with Crippen LogP contribution in [0.3, 0.4) is 0 Å². The van der Waals surface area contributed by atoms with Gasteiger partial charge in [0.15, 0.2) is 0 Å². The molecule has 154 valence electrons. The van der Waals surface area contributed by atoms with E-state index in [1.54, 1.807) is 25.1 Å². The number of carbonyl (C=O) groups is 2. The van der Waals surface area contributed by atoms with Crippen molar-refractivity contribution in [1.82, 2.24) is 4.90 Å². The summed E-state index contributed by atoms with van der Waals surface area (Å²) in [6.07, 6.45) is 1.58. The average molecular weight is 483 g/mol. The summed E-state index contributed by atoms with van der Waals surface area (Å²) in [5.41, 5.74) is 0.871. The number of amides is 2. The molecule has 8 heteroatoms. The number of hydrogen-bond acceptors (Lipinski definition) is 3. The van der Waals surface area contributed by atoms with Crippen LogP contribution in [-0.2, 0) is 16.1 Å². The lowest BCUT2D eigenvalue weighted by atomic mass is 10.2. The second-order valence-corrected chi connectivity index (χ2v) is 8.50. The van der Waals surface area contributed by atoms with Crippen LogP contribution >= 0.6 is 27.7 Å². The fourth-order valence-corrected chi connectivity index (χ4v) is 3.69. The highest BCUT2D eigenvalue weighted by Gasteiger charge is 2.22. The first-order valence-electron chi connectivity index (χ1n) is 8.80. The molecule has 0 fully saturated rings. The predicted octanol–water partition coefficient (Wildman–Crippen LogP) is 5.00. The Bertz CT molecular complexity index is 877. The molecule has 0 saturated carbocycles. The van der Waals surface area contributed by atoms with E-state index >= 15 is 0 Å². The SMILES string of the molecule is C=CCN(Cc1cc(Br)ccc1F)C(=O)C(C)SCC(=O)Nc1ccc(F)cc1. The van der Waals surface area contributed by atoms with E-state index in [0.29, 0.717) is 11.3 Å². The lowest BCUT2D eigenvalue weighted by Gasteiger charge is -2.25. The first-order chi connectivity index (χ1) is 13.8. The van der Waals surface area contributed by atoms with Gasteiger partial charge >= 0.3 is 0 Å². The van der Waals surface area contributed by atoms with Gasteiger partial charge < -0.3 is 10.2 Å². The van der Waals surface area contributed by atoms with Crippen LogP contribution < -0.4 is 5.32 Å². The van der Waals surface area contributed by atoms with E-state index < -0.39 is 11.1 Å². The summed E-state index contributed by atoms with van der Waals surface area (Å²) >= 11 is 4.48. The number of anilines is 1. The zero-order valence-electron chi connectivity index (χ0n) is 15.8. The molecule has 0 heterocycles. The third-order valence-electron chi connectivity index (χ3n) is 3.97. The first kappa shape index (κ1) is 23.1. The third-order valence-corrected chi connectivity index (χ3v) is 5.59. The second kappa shape index (κ2) is 11.1. The molecule has 29 heavy (non-hydrogen) atoms. The minimum atomic E-state index is -0.510. The van der Waals surface area contributed by atoms with Crippen LogP contribution in [0.5, 0.6) is 0 Å². The normalized spacial score (nSPS) is 11.6. The lowest BCUT2D eigenvalue weighted by Crippen LogP contribution is -2.37. The molecule has 1 N–H and O–H groups in total. The molecule has 1 atom stereocenters. The van der Waals surface area contributed by atoms with Crippen LogP contribution in [0.4, 0.5) is 14.5 Å². The number of nitrogens with one attached hydrogen (secondary N) is 1. The molecule has 2 aromatic rings. The molecule has 0 bridgehead atoms. The molecule has 0 spiro atoms. The van der Waals surface area contributed by atoms with E-state index in [0.717, 1.165) is 4.47 Å². The van der Waals surface area contributed by atoms with Gasteiger partial charge in [-0.25, -0.2) is 8.78 Å². The largest absolute Gasteiger partial charge is 0.334 e. The van der Waals surface area contributed by atoms with Crippen molar-refractivity contribution < 1.29 is 18.4 Å². The van der Waals surface area contributed by atoms with Gasteiger partial charge in [-0.05, 0) is 49.4 Å². The van der Waals surface area contributed by atoms with E-state index in [1.807, 2.05) is 0 Å². The highest BCUT2D eigenvalue weighted by Crippen LogP contribution is 2.20. The topological polar surface area (TPSA) is 49.4 Å². The summed E-state index contributed by atoms with van der Waals surface area (Å²) in [4.78, 5) is 26.4. The van der Waals surface area contributed by atoms with Crippen molar-refractivity contribution >= 4 is 45.2 Å². The van der Waals surface area contributed by atoms with E-state index in [4.69, 9.17) is 0 Å². The van der Waals surface area contributed by atoms with Gasteiger partial charge in [0.2, 0.25) is 11.8 Å². The molecule has 0 aliphatic rings. The summed E-state index contributed by atoms with van der Waals surface area (Å²) in [5.74, 6) is -1.24. The van der Waals surface area contributed by atoms with Gasteiger partial charge in [-0.15, -0.1) is 18.3 Å². The third kappa shape index (κ3) is 7.29. The molecule has 0 aliphatic carbocycles. The zero-order chi connectivity index (χ0) is 21.4. The van der Waals surface area contributed by atoms with Gasteiger partial charge in [0, 0.05) is 28.8 Å². The number of hydrogen-bond donors (Lipinski definition) is 1. The van der Waals surface area contributed by atoms with Crippen LogP contribution in [0, 0.1) is 11.6 Å². The van der Waals surface area contributed by atoms with Crippen molar-refractivity contribution in [2.45, 2.75) is 18.7 Å². The predicted molar refractivity (Wildman–Crippen MR) is 117 cm³/mol. The number of halogens is 3. The summed E-state index contributed by atoms with van der Waals surface area (Å²) in [7, 11) is 0. The quantitative estimate of drug-likeness (QED) is 0.511. The number of thioether (sulfide) groups is 1. The highest BCUT2D eigenvalue weighted by molar-refractivity contribution is 9.10. The van der Waals surface area contributed by atoms with Gasteiger partial charge in [-0.1, -0.05) is 22.0 Å². The Morgan fingerprint density at radius 3 is 2.59 bits per heavy atom. The van der Waals surface area contributed by atoms with Crippen molar-refractivity contribution in [3.63, 3.8) is 0 Å². The molecule has 0 aromatic heterocycles. The maximum Gasteiger partial charge on any atom is 0.236 e. The zero-order valence-corrected chi connectivity index (χ0v) is 18.2. The lowest BCUT2D eigenvalue weighted by molar-refractivity contribution is -0.130. The summed E-state index contributed by atoms with van der Waals surface area (Å²) in [6.45, 7) is 5.72. The van der Waals surface area contributed by atoms with Crippen LogP contribution in [0.2, 0.25) is 0 Å². The first-order valence-corrected chi connectivity index (χ1v) is 10.6. The smallest absolute Gasteiger partial charge is 0.236 e. The fraction of sp³-hybridized carbons (Fsp3) is 0.238. The Balaban J connectivity index is 1.94. The number of rotatable bonds is 9. The van der Waals surface area contributed by atoms with Crippen molar-refractivity contribution in [3.8, 4) is 0 Å². The van der Waals surface area contributed by atoms with E-state index in [2.05, 4.69) is 27.8 Å². The van der Waals surface area contributed by atoms with Crippen LogP contribution in [0.15, 0.2) is 59.6 Å². The molecule has 0 saturated heterocycles. The molecular weight excluding hydrogens is 462 g/mol. The van der Waals surface area contributed by atoms with Gasteiger partial charge in [0.05, 0.1) is 11.0 Å². The molecule has 1 unspecified atom stereocenters. The minimum Gasteiger partial charge on any atom is -0.334 e. The van der Waals surface area contributed by atoms with Crippen molar-refractivity contribution in [2.75, 3.05) is 17.6 Å². The summed E-state index contributed by atoms with van der Waals surface area (Å²) in [6, 6.07) is 10.00. The molecule has 0 radical (unpaired) electrons. The van der Waals surface area contributed by atoms with Crippen LogP contribution in [-0.4, -0.2) is 34.3 Å². The molecule has 2 aromatic carbocycles. The highest BCUT2D eigenvalue weighted by atomic mass is 79.9. The van der Waals surface area contributed by atoms with Crippen molar-refractivity contribution in [3.05, 3.63) is 76.8 Å². The Kier molecular flexibility index (Phi) is 8.85. The van der Waals surface area contributed by atoms with E-state index in [9.17, 15) is 18.4 Å². The van der Waals surface area contributed by atoms with Crippen molar-refractivity contribution in [2.24, 2.45) is 0 Å². The molecule has 0 aliphatic heterocycles. The number of carbonyl (C=O) groups excluding carboxylic acids is 2. The van der Waals surface area contributed by atoms with Gasteiger partial charge in [0.1, 0.15) is 11.6 Å².